The van der Waals surface area contributed by atoms with Gasteiger partial charge < -0.3 is 25.2 Å². The molecule has 9 heteroatoms. The Kier molecular flexibility index (Phi) is 7.18. The van der Waals surface area contributed by atoms with Crippen LogP contribution in [0, 0.1) is 5.82 Å². The fourth-order valence-corrected chi connectivity index (χ4v) is 5.01. The molecule has 41 heavy (non-hydrogen) atoms. The Hall–Kier alpha value is -5.02. The number of aromatic nitrogens is 2. The molecule has 0 unspecified atom stereocenters. The van der Waals surface area contributed by atoms with Crippen molar-refractivity contribution in [2.45, 2.75) is 18.9 Å². The second-order valence-corrected chi connectivity index (χ2v) is 10.0. The van der Waals surface area contributed by atoms with Crippen molar-refractivity contribution in [3.63, 3.8) is 0 Å². The smallest absolute Gasteiger partial charge is 0.256 e. The standard InChI is InChI=1S/C32H28FN5O3/c33-24-5-12-30(34-20-24)36-32(41)22-3-9-27(10-4-22)38-18-13-23-19-25(6-11-29(23)38)35-31(40)21-1-7-26(8-2-21)37-16-14-28(39)15-17-37/h1-13,18-20,28,39H,14-17H2,(H,35,40)(H,34,36,41). The molecule has 3 heterocycles. The van der Waals surface area contributed by atoms with Crippen LogP contribution in [0.1, 0.15) is 33.6 Å². The summed E-state index contributed by atoms with van der Waals surface area (Å²) in [7, 11) is 0. The number of rotatable bonds is 6. The van der Waals surface area contributed by atoms with Crippen molar-refractivity contribution in [3.8, 4) is 5.69 Å². The lowest BCUT2D eigenvalue weighted by Crippen LogP contribution is -2.35. The van der Waals surface area contributed by atoms with E-state index >= 15 is 0 Å². The lowest BCUT2D eigenvalue weighted by atomic mass is 10.1. The first-order valence-electron chi connectivity index (χ1n) is 13.4. The molecule has 1 aliphatic heterocycles. The van der Waals surface area contributed by atoms with E-state index in [4.69, 9.17) is 0 Å². The van der Waals surface area contributed by atoms with Gasteiger partial charge in [-0.3, -0.25) is 9.59 Å². The number of carbonyl (C=O) groups is 2. The predicted molar refractivity (Wildman–Crippen MR) is 157 cm³/mol. The number of halogens is 1. The van der Waals surface area contributed by atoms with Crippen molar-refractivity contribution < 1.29 is 19.1 Å². The maximum atomic E-state index is 13.1. The van der Waals surface area contributed by atoms with Gasteiger partial charge in [0.2, 0.25) is 0 Å². The van der Waals surface area contributed by atoms with Crippen LogP contribution in [-0.2, 0) is 0 Å². The number of benzene rings is 3. The van der Waals surface area contributed by atoms with Gasteiger partial charge in [0.1, 0.15) is 11.6 Å². The van der Waals surface area contributed by atoms with Gasteiger partial charge in [-0.15, -0.1) is 0 Å². The third-order valence-electron chi connectivity index (χ3n) is 7.28. The first-order valence-corrected chi connectivity index (χ1v) is 13.4. The first-order chi connectivity index (χ1) is 19.9. The van der Waals surface area contributed by atoms with Crippen molar-refractivity contribution in [2.24, 2.45) is 0 Å². The molecule has 0 spiro atoms. The van der Waals surface area contributed by atoms with Crippen molar-refractivity contribution in [1.29, 1.82) is 0 Å². The zero-order chi connectivity index (χ0) is 28.3. The first kappa shape index (κ1) is 26.2. The molecule has 3 N–H and O–H groups in total. The van der Waals surface area contributed by atoms with E-state index in [1.807, 2.05) is 71.4 Å². The summed E-state index contributed by atoms with van der Waals surface area (Å²) < 4.78 is 15.1. The third-order valence-corrected chi connectivity index (χ3v) is 7.28. The van der Waals surface area contributed by atoms with E-state index in [0.717, 1.165) is 54.4 Å². The van der Waals surface area contributed by atoms with Crippen LogP contribution >= 0.6 is 0 Å². The fraction of sp³-hybridized carbons (Fsp3) is 0.156. The van der Waals surface area contributed by atoms with Crippen LogP contribution in [-0.4, -0.2) is 45.7 Å². The molecular formula is C32H28FN5O3. The Balaban J connectivity index is 1.11. The van der Waals surface area contributed by atoms with Crippen LogP contribution in [0.25, 0.3) is 16.6 Å². The molecule has 0 saturated carbocycles. The monoisotopic (exact) mass is 549 g/mol. The Morgan fingerprint density at radius 2 is 1.46 bits per heavy atom. The van der Waals surface area contributed by atoms with E-state index < -0.39 is 5.82 Å². The molecular weight excluding hydrogens is 521 g/mol. The van der Waals surface area contributed by atoms with Crippen molar-refractivity contribution in [2.75, 3.05) is 28.6 Å². The second kappa shape index (κ2) is 11.2. The number of nitrogens with one attached hydrogen (secondary N) is 2. The molecule has 2 aromatic heterocycles. The van der Waals surface area contributed by atoms with E-state index in [1.54, 1.807) is 12.1 Å². The van der Waals surface area contributed by atoms with Gasteiger partial charge in [-0.05, 0) is 97.8 Å². The summed E-state index contributed by atoms with van der Waals surface area (Å²) in [6.07, 6.45) is 4.27. The van der Waals surface area contributed by atoms with Crippen LogP contribution < -0.4 is 15.5 Å². The molecule has 5 aromatic rings. The minimum absolute atomic E-state index is 0.186. The lowest BCUT2D eigenvalue weighted by molar-refractivity contribution is 0.101. The Morgan fingerprint density at radius 1 is 0.805 bits per heavy atom. The highest BCUT2D eigenvalue weighted by Gasteiger charge is 2.18. The summed E-state index contributed by atoms with van der Waals surface area (Å²) in [5.74, 6) is -0.721. The maximum absolute atomic E-state index is 13.1. The van der Waals surface area contributed by atoms with Gasteiger partial charge in [-0.1, -0.05) is 0 Å². The Morgan fingerprint density at radius 3 is 2.12 bits per heavy atom. The molecule has 0 atom stereocenters. The van der Waals surface area contributed by atoms with Gasteiger partial charge in [-0.25, -0.2) is 9.37 Å². The number of hydrogen-bond acceptors (Lipinski definition) is 5. The summed E-state index contributed by atoms with van der Waals surface area (Å²) in [6.45, 7) is 1.61. The van der Waals surface area contributed by atoms with Gasteiger partial charge in [0.15, 0.2) is 0 Å². The highest BCUT2D eigenvalue weighted by atomic mass is 19.1. The van der Waals surface area contributed by atoms with Crippen molar-refractivity contribution >= 4 is 39.9 Å². The molecule has 8 nitrogen and oxygen atoms in total. The molecule has 3 aromatic carbocycles. The van der Waals surface area contributed by atoms with Crippen LogP contribution in [0.2, 0.25) is 0 Å². The average Bonchev–Trinajstić information content (AvgIpc) is 3.42. The van der Waals surface area contributed by atoms with Gasteiger partial charge >= 0.3 is 0 Å². The minimum Gasteiger partial charge on any atom is -0.393 e. The van der Waals surface area contributed by atoms with Gasteiger partial charge in [0.25, 0.3) is 11.8 Å². The minimum atomic E-state index is -0.470. The molecule has 0 bridgehead atoms. The number of aliphatic hydroxyl groups is 1. The van der Waals surface area contributed by atoms with E-state index in [-0.39, 0.29) is 23.7 Å². The number of aliphatic hydroxyl groups excluding tert-OH is 1. The highest BCUT2D eigenvalue weighted by Crippen LogP contribution is 2.25. The van der Waals surface area contributed by atoms with Gasteiger partial charge in [0.05, 0.1) is 17.8 Å². The summed E-state index contributed by atoms with van der Waals surface area (Å²) in [4.78, 5) is 31.5. The van der Waals surface area contributed by atoms with E-state index in [1.165, 1.54) is 12.1 Å². The molecule has 1 saturated heterocycles. The van der Waals surface area contributed by atoms with Crippen LogP contribution in [0.4, 0.5) is 21.6 Å². The summed E-state index contributed by atoms with van der Waals surface area (Å²) >= 11 is 0. The average molecular weight is 550 g/mol. The summed E-state index contributed by atoms with van der Waals surface area (Å²) in [5.41, 5.74) is 4.58. The van der Waals surface area contributed by atoms with Gasteiger partial charge in [0, 0.05) is 52.9 Å². The Labute approximate surface area is 236 Å². The number of anilines is 3. The van der Waals surface area contributed by atoms with E-state index in [9.17, 15) is 19.1 Å². The maximum Gasteiger partial charge on any atom is 0.256 e. The highest BCUT2D eigenvalue weighted by molar-refractivity contribution is 6.05. The molecule has 0 aliphatic carbocycles. The quantitative estimate of drug-likeness (QED) is 0.255. The van der Waals surface area contributed by atoms with E-state index in [2.05, 4.69) is 20.5 Å². The predicted octanol–water partition coefficient (Wildman–Crippen LogP) is 5.63. The zero-order valence-corrected chi connectivity index (χ0v) is 22.1. The third kappa shape index (κ3) is 5.80. The largest absolute Gasteiger partial charge is 0.393 e. The second-order valence-electron chi connectivity index (χ2n) is 10.0. The van der Waals surface area contributed by atoms with Crippen LogP contribution in [0.3, 0.4) is 0 Å². The molecule has 1 aliphatic rings. The van der Waals surface area contributed by atoms with E-state index in [0.29, 0.717) is 16.8 Å². The Bertz CT molecular complexity index is 1690. The lowest BCUT2D eigenvalue weighted by Gasteiger charge is -2.31. The number of hydrogen-bond donors (Lipinski definition) is 3. The van der Waals surface area contributed by atoms with Crippen molar-refractivity contribution in [3.05, 3.63) is 114 Å². The molecule has 1 fully saturated rings. The summed E-state index contributed by atoms with van der Waals surface area (Å²) in [5, 5.41) is 16.3. The normalized spacial score (nSPS) is 13.8. The number of carbonyl (C=O) groups excluding carboxylic acids is 2. The molecule has 0 radical (unpaired) electrons. The van der Waals surface area contributed by atoms with Crippen LogP contribution in [0.15, 0.2) is 97.3 Å². The number of piperidine rings is 1. The molecule has 206 valence electrons. The summed E-state index contributed by atoms with van der Waals surface area (Å²) in [6, 6.07) is 25.0. The van der Waals surface area contributed by atoms with Crippen molar-refractivity contribution in [1.82, 2.24) is 9.55 Å². The SMILES string of the molecule is O=C(Nc1ccc2c(ccn2-c2ccc(C(=O)Nc3ccc(F)cn3)cc2)c1)c1ccc(N2CCC(O)CC2)cc1. The number of pyridine rings is 1. The molecule has 6 rings (SSSR count). The molecule has 2 amide bonds. The number of nitrogens with zero attached hydrogens (tertiary/aromatic N) is 3. The number of fused-ring (bicyclic) bond motifs is 1. The zero-order valence-electron chi connectivity index (χ0n) is 22.1. The van der Waals surface area contributed by atoms with Crippen LogP contribution in [0.5, 0.6) is 0 Å². The number of amides is 2. The fourth-order valence-electron chi connectivity index (χ4n) is 5.01. The topological polar surface area (TPSA) is 99.5 Å². The van der Waals surface area contributed by atoms with Gasteiger partial charge in [-0.2, -0.15) is 0 Å².